The number of carboxylic acids is 1. The van der Waals surface area contributed by atoms with E-state index >= 15 is 4.39 Å². The van der Waals surface area contributed by atoms with Crippen LogP contribution in [-0.4, -0.2) is 81.7 Å². The molecule has 3 aliphatic rings. The Labute approximate surface area is 295 Å². The maximum atomic E-state index is 15.7. The van der Waals surface area contributed by atoms with E-state index < -0.39 is 17.7 Å². The molecule has 16 heteroatoms. The van der Waals surface area contributed by atoms with Crippen molar-refractivity contribution in [1.82, 2.24) is 24.9 Å². The van der Waals surface area contributed by atoms with Crippen molar-refractivity contribution in [1.29, 1.82) is 0 Å². The molecule has 12 nitrogen and oxygen atoms in total. The molecule has 2 bridgehead atoms. The zero-order valence-corrected chi connectivity index (χ0v) is 28.3. The van der Waals surface area contributed by atoms with Gasteiger partial charge in [0.15, 0.2) is 12.2 Å². The minimum atomic E-state index is -1.20. The smallest absolute Gasteiger partial charge is 0.337 e. The molecule has 3 aliphatic heterocycles. The average molecular weight is 717 g/mol. The van der Waals surface area contributed by atoms with Crippen molar-refractivity contribution >= 4 is 58.6 Å². The lowest BCUT2D eigenvalue weighted by Crippen LogP contribution is -2.49. The normalized spacial score (nSPS) is 16.8. The van der Waals surface area contributed by atoms with Gasteiger partial charge < -0.3 is 29.0 Å². The number of benzene rings is 3. The fourth-order valence-corrected chi connectivity index (χ4v) is 7.92. The topological polar surface area (TPSA) is 132 Å². The molecule has 0 spiro atoms. The van der Waals surface area contributed by atoms with Gasteiger partial charge in [0.25, 0.3) is 12.8 Å². The number of nitrogens with zero attached hydrogens (tertiary/aromatic N) is 6. The van der Waals surface area contributed by atoms with Crippen LogP contribution in [0.5, 0.6) is 11.6 Å². The number of aromatic nitrogens is 4. The lowest BCUT2D eigenvalue weighted by atomic mass is 9.60. The molecule has 3 aromatic carbocycles. The van der Waals surface area contributed by atoms with E-state index in [0.29, 0.717) is 63.7 Å². The summed E-state index contributed by atoms with van der Waals surface area (Å²) in [6.45, 7) is 0.955. The SMILES string of the molecule is COc1ncc(-c2cc(Cl)c(C(=O)N3COc4c(cccc4-c4cc(N5B6CCC5COC6)c(C(=O)O)cc4F)C3)c(Cl)c2)c2nnn(C)c12. The summed E-state index contributed by atoms with van der Waals surface area (Å²) in [7, 11) is 3.23. The first-order valence-electron chi connectivity index (χ1n) is 15.8. The van der Waals surface area contributed by atoms with Crippen LogP contribution in [-0.2, 0) is 18.3 Å². The number of ether oxygens (including phenoxy) is 3. The number of aromatic carboxylic acids is 1. The van der Waals surface area contributed by atoms with Crippen molar-refractivity contribution in [3.63, 3.8) is 0 Å². The van der Waals surface area contributed by atoms with E-state index in [-0.39, 0.29) is 52.9 Å². The van der Waals surface area contributed by atoms with E-state index in [0.717, 1.165) is 18.8 Å². The van der Waals surface area contributed by atoms with E-state index in [1.54, 1.807) is 54.3 Å². The van der Waals surface area contributed by atoms with E-state index in [4.69, 9.17) is 37.4 Å². The van der Waals surface area contributed by atoms with Crippen LogP contribution in [0.3, 0.4) is 0 Å². The number of amides is 1. The van der Waals surface area contributed by atoms with Crippen LogP contribution in [0.1, 0.15) is 32.7 Å². The number of hydrogen-bond acceptors (Lipinski definition) is 9. The molecular formula is C34H28BCl2FN6O6. The molecule has 50 heavy (non-hydrogen) atoms. The van der Waals surface area contributed by atoms with Gasteiger partial charge >= 0.3 is 5.97 Å². The maximum Gasteiger partial charge on any atom is 0.337 e. The third kappa shape index (κ3) is 5.20. The van der Waals surface area contributed by atoms with Crippen molar-refractivity contribution < 1.29 is 33.3 Å². The van der Waals surface area contributed by atoms with Gasteiger partial charge in [-0.2, -0.15) is 0 Å². The monoisotopic (exact) mass is 716 g/mol. The molecule has 0 saturated carbocycles. The fourth-order valence-electron chi connectivity index (χ4n) is 7.27. The van der Waals surface area contributed by atoms with Crippen LogP contribution in [0.4, 0.5) is 10.1 Å². The molecule has 1 N–H and O–H groups in total. The predicted octanol–water partition coefficient (Wildman–Crippen LogP) is 5.98. The number of fused-ring (bicyclic) bond motifs is 4. The lowest BCUT2D eigenvalue weighted by Gasteiger charge is -2.37. The Morgan fingerprint density at radius 1 is 1.12 bits per heavy atom. The summed E-state index contributed by atoms with van der Waals surface area (Å²) in [5.74, 6) is -1.58. The molecular weight excluding hydrogens is 689 g/mol. The van der Waals surface area contributed by atoms with Gasteiger partial charge in [-0.05, 0) is 42.6 Å². The van der Waals surface area contributed by atoms with E-state index in [9.17, 15) is 14.7 Å². The highest BCUT2D eigenvalue weighted by molar-refractivity contribution is 6.64. The Hall–Kier alpha value is -4.92. The maximum absolute atomic E-state index is 15.7. The summed E-state index contributed by atoms with van der Waals surface area (Å²) in [6.07, 6.45) is 3.31. The van der Waals surface area contributed by atoms with Gasteiger partial charge in [-0.1, -0.05) is 46.6 Å². The summed E-state index contributed by atoms with van der Waals surface area (Å²) in [5, 5.41) is 18.6. The number of aryl methyl sites for hydroxylation is 1. The Balaban J connectivity index is 1.10. The van der Waals surface area contributed by atoms with Gasteiger partial charge in [-0.15, -0.1) is 5.10 Å². The molecule has 254 valence electrons. The van der Waals surface area contributed by atoms with Crippen molar-refractivity contribution in [2.24, 2.45) is 7.05 Å². The van der Waals surface area contributed by atoms with Gasteiger partial charge in [0, 0.05) is 53.7 Å². The second kappa shape index (κ2) is 12.4. The number of carboxylic acid groups (broad SMARTS) is 1. The minimum absolute atomic E-state index is 0.0132. The van der Waals surface area contributed by atoms with Crippen molar-refractivity contribution in [3.8, 4) is 33.9 Å². The summed E-state index contributed by atoms with van der Waals surface area (Å²) in [6, 6.07) is 11.2. The van der Waals surface area contributed by atoms with Gasteiger partial charge in [0.2, 0.25) is 5.88 Å². The number of methoxy groups -OCH3 is 1. The van der Waals surface area contributed by atoms with Gasteiger partial charge in [0.1, 0.15) is 17.1 Å². The molecule has 0 aliphatic carbocycles. The molecule has 5 aromatic rings. The molecule has 1 unspecified atom stereocenters. The summed E-state index contributed by atoms with van der Waals surface area (Å²) < 4.78 is 34.5. The minimum Gasteiger partial charge on any atom is -0.479 e. The van der Waals surface area contributed by atoms with Crippen LogP contribution < -0.4 is 14.3 Å². The number of pyridine rings is 1. The quantitative estimate of drug-likeness (QED) is 0.209. The first kappa shape index (κ1) is 32.3. The molecule has 0 radical (unpaired) electrons. The molecule has 2 aromatic heterocycles. The Bertz CT molecular complexity index is 2200. The van der Waals surface area contributed by atoms with E-state index in [2.05, 4.69) is 20.1 Å². The number of carbonyl (C=O) groups is 2. The van der Waals surface area contributed by atoms with Crippen LogP contribution >= 0.6 is 23.2 Å². The third-order valence-electron chi connectivity index (χ3n) is 9.59. The number of anilines is 1. The Morgan fingerprint density at radius 3 is 2.66 bits per heavy atom. The molecule has 1 amide bonds. The molecule has 2 saturated heterocycles. The van der Waals surface area contributed by atoms with Crippen LogP contribution in [0.25, 0.3) is 33.3 Å². The number of halogens is 3. The number of rotatable bonds is 6. The molecule has 8 rings (SSSR count). The number of hydrogen-bond donors (Lipinski definition) is 1. The second-order valence-electron chi connectivity index (χ2n) is 12.5. The van der Waals surface area contributed by atoms with Crippen LogP contribution in [0.2, 0.25) is 16.4 Å². The zero-order valence-electron chi connectivity index (χ0n) is 26.8. The zero-order chi connectivity index (χ0) is 34.8. The molecule has 5 heterocycles. The first-order valence-corrected chi connectivity index (χ1v) is 16.6. The highest BCUT2D eigenvalue weighted by atomic mass is 35.5. The molecule has 1 atom stereocenters. The van der Waals surface area contributed by atoms with Crippen LogP contribution in [0, 0.1) is 5.82 Å². The average Bonchev–Trinajstić information content (AvgIpc) is 3.61. The summed E-state index contributed by atoms with van der Waals surface area (Å²) in [5.41, 5.74) is 4.05. The largest absolute Gasteiger partial charge is 0.479 e. The lowest BCUT2D eigenvalue weighted by molar-refractivity contribution is 0.0516. The Morgan fingerprint density at radius 2 is 1.92 bits per heavy atom. The Kier molecular flexibility index (Phi) is 8.04. The third-order valence-corrected chi connectivity index (χ3v) is 10.2. The standard InChI is InChI=1S/C34H28BCl2FN6O6/c1-42-30-29(40-41-42)23(12-39-32(30)48-2)18-8-24(36)28(25(37)9-18)33(45)43-13-17-4-3-5-20(31(17)50-16-43)21-11-27(22(34(46)47)10-26(21)38)44-19-6-7-35(44)15-49-14-19/h3-5,8-12,19H,6-7,13-16H2,1-2H3,(H,46,47). The first-order chi connectivity index (χ1) is 24.1. The van der Waals surface area contributed by atoms with E-state index in [1.165, 1.54) is 12.0 Å². The van der Waals surface area contributed by atoms with Crippen LogP contribution in [0.15, 0.2) is 48.7 Å². The highest BCUT2D eigenvalue weighted by Gasteiger charge is 2.42. The molecule has 2 fully saturated rings. The van der Waals surface area contributed by atoms with Crippen molar-refractivity contribution in [2.75, 3.05) is 31.8 Å². The number of carbonyl (C=O) groups excluding carboxylic acids is 1. The fraction of sp³-hybridized carbons (Fsp3) is 0.265. The highest BCUT2D eigenvalue weighted by Crippen LogP contribution is 2.43. The number of para-hydroxylation sites is 1. The van der Waals surface area contributed by atoms with Gasteiger partial charge in [0.05, 0.1) is 41.4 Å². The van der Waals surface area contributed by atoms with Crippen molar-refractivity contribution in [3.05, 3.63) is 81.2 Å². The van der Waals surface area contributed by atoms with E-state index in [1.807, 2.05) is 0 Å². The second-order valence-corrected chi connectivity index (χ2v) is 13.3. The summed E-state index contributed by atoms with van der Waals surface area (Å²) in [4.78, 5) is 34.0. The van der Waals surface area contributed by atoms with Gasteiger partial charge in [-0.3, -0.25) is 4.79 Å². The van der Waals surface area contributed by atoms with Gasteiger partial charge in [-0.25, -0.2) is 18.9 Å². The van der Waals surface area contributed by atoms with Crippen molar-refractivity contribution in [2.45, 2.75) is 25.3 Å². The predicted molar refractivity (Wildman–Crippen MR) is 185 cm³/mol. The summed E-state index contributed by atoms with van der Waals surface area (Å²) >= 11 is 13.4.